The van der Waals surface area contributed by atoms with Gasteiger partial charge in [-0.05, 0) is 0 Å². The number of halogens is 3. The molecule has 0 fully saturated rings. The Labute approximate surface area is 135 Å². The molecular weight excluding hydrogens is 448 g/mol. The summed E-state index contributed by atoms with van der Waals surface area (Å²) in [5.41, 5.74) is 2.08. The van der Waals surface area contributed by atoms with Crippen molar-refractivity contribution in [3.05, 3.63) is 21.1 Å². The number of hydrogen-bond acceptors (Lipinski definition) is 0. The van der Waals surface area contributed by atoms with Crippen LogP contribution in [0.4, 0.5) is 0 Å². The Bertz CT molecular complexity index is 260. The Morgan fingerprint density at radius 2 is 1.75 bits per heavy atom. The van der Waals surface area contributed by atoms with Crippen LogP contribution in [0.15, 0.2) is 21.1 Å². The topological polar surface area (TPSA) is 0 Å². The maximum atomic E-state index is 2.40. The van der Waals surface area contributed by atoms with E-state index in [2.05, 4.69) is 39.3 Å². The molecule has 1 aliphatic rings. The molecule has 1 aliphatic carbocycles. The minimum absolute atomic E-state index is 0. The molecule has 0 aromatic rings. The van der Waals surface area contributed by atoms with E-state index in [1.165, 1.54) is 37.0 Å². The Hall–Kier alpha value is 1.65. The molecule has 0 nitrogen and oxygen atoms in total. The summed E-state index contributed by atoms with van der Waals surface area (Å²) in [6.07, 6.45) is 7.29. The van der Waals surface area contributed by atoms with E-state index in [0.717, 1.165) is 0 Å². The Morgan fingerprint density at radius 3 is 2.06 bits per heavy atom. The number of hydrogen-bond donors (Lipinski definition) is 0. The van der Waals surface area contributed by atoms with Crippen molar-refractivity contribution < 1.29 is 24.4 Å². The van der Waals surface area contributed by atoms with Gasteiger partial charge in [-0.15, -0.1) is 37.2 Å². The van der Waals surface area contributed by atoms with Gasteiger partial charge < -0.3 is 0 Å². The summed E-state index contributed by atoms with van der Waals surface area (Å²) in [5, 5.41) is 0. The van der Waals surface area contributed by atoms with E-state index in [0.29, 0.717) is 5.41 Å². The van der Waals surface area contributed by atoms with E-state index in [4.69, 9.17) is 0 Å². The fourth-order valence-electron chi connectivity index (χ4n) is 2.01. The molecule has 0 amide bonds. The third-order valence-electron chi connectivity index (χ3n) is 2.37. The zero-order chi connectivity index (χ0) is 10.1. The van der Waals surface area contributed by atoms with Crippen LogP contribution in [-0.2, 0) is 24.4 Å². The molecule has 0 aliphatic heterocycles. The molecule has 0 heterocycles. The second-order valence-corrected chi connectivity index (χ2v) is 9.26. The molecule has 1 rings (SSSR count). The summed E-state index contributed by atoms with van der Waals surface area (Å²) in [4.78, 5) is 0. The van der Waals surface area contributed by atoms with Gasteiger partial charge in [-0.25, -0.2) is 0 Å². The molecule has 0 N–H and O–H groups in total. The quantitative estimate of drug-likeness (QED) is 0.413. The zero-order valence-electron chi connectivity index (χ0n) is 10.2. The second kappa shape index (κ2) is 9.56. The SMILES string of the molecule is CP(C)CC(C)(C)C1=[C]([Hf])CC=C1.Cl.Cl.Cl. The van der Waals surface area contributed by atoms with E-state index >= 15 is 0 Å². The van der Waals surface area contributed by atoms with Crippen LogP contribution >= 0.6 is 45.1 Å². The number of allylic oxidation sites excluding steroid dienone is 4. The van der Waals surface area contributed by atoms with Crippen LogP contribution in [0.5, 0.6) is 0 Å². The molecule has 16 heavy (non-hydrogen) atoms. The molecule has 0 saturated heterocycles. The summed E-state index contributed by atoms with van der Waals surface area (Å²) >= 11 is 1.24. The molecule has 5 heteroatoms. The summed E-state index contributed by atoms with van der Waals surface area (Å²) in [6.45, 7) is 9.56. The summed E-state index contributed by atoms with van der Waals surface area (Å²) < 4.78 is 1.71. The van der Waals surface area contributed by atoms with Gasteiger partial charge in [0, 0.05) is 0 Å². The predicted octanol–water partition coefficient (Wildman–Crippen LogP) is 4.78. The van der Waals surface area contributed by atoms with Crippen molar-refractivity contribution >= 4 is 45.1 Å². The van der Waals surface area contributed by atoms with Crippen LogP contribution in [0.3, 0.4) is 0 Å². The zero-order valence-corrected chi connectivity index (χ0v) is 17.2. The molecule has 0 atom stereocenters. The fourth-order valence-corrected chi connectivity index (χ4v) is 5.70. The molecule has 0 radical (unpaired) electrons. The average Bonchev–Trinajstić information content (AvgIpc) is 2.32. The van der Waals surface area contributed by atoms with Crippen LogP contribution in [0, 0.1) is 5.41 Å². The smallest absolute Gasteiger partial charge is 0.147 e. The number of rotatable bonds is 3. The van der Waals surface area contributed by atoms with Gasteiger partial charge >= 0.3 is 98.5 Å². The largest absolute Gasteiger partial charge is 0.147 e. The Morgan fingerprint density at radius 1 is 1.25 bits per heavy atom. The Kier molecular flexibility index (Phi) is 13.6. The van der Waals surface area contributed by atoms with Crippen molar-refractivity contribution in [2.24, 2.45) is 5.41 Å². The van der Waals surface area contributed by atoms with Gasteiger partial charge in [-0.3, -0.25) is 0 Å². The van der Waals surface area contributed by atoms with Crippen LogP contribution in [0.25, 0.3) is 0 Å². The normalized spacial score (nSPS) is 14.2. The van der Waals surface area contributed by atoms with Gasteiger partial charge in [0.05, 0.1) is 0 Å². The molecule has 0 unspecified atom stereocenters. The van der Waals surface area contributed by atoms with Gasteiger partial charge in [0.15, 0.2) is 0 Å². The van der Waals surface area contributed by atoms with Gasteiger partial charge in [0.1, 0.15) is 0 Å². The maximum Gasteiger partial charge on any atom is -0.147 e. The van der Waals surface area contributed by atoms with Gasteiger partial charge in [-0.1, -0.05) is 0 Å². The molecule has 0 aromatic heterocycles. The standard InChI is InChI=1S/C11H18P.3ClH.Hf/c1-11(2,9-12(3)4)10-7-5-6-8-10;;;;/h5,7H,6,9H2,1-4H3;3*1H;. The monoisotopic (exact) mass is 469 g/mol. The average molecular weight is 469 g/mol. The first-order valence-electron chi connectivity index (χ1n) is 4.70. The van der Waals surface area contributed by atoms with Crippen molar-refractivity contribution in [3.63, 3.8) is 0 Å². The van der Waals surface area contributed by atoms with E-state index in [1.807, 2.05) is 0 Å². The molecule has 0 aromatic carbocycles. The van der Waals surface area contributed by atoms with Gasteiger partial charge in [0.25, 0.3) is 0 Å². The first-order chi connectivity index (χ1) is 5.93. The molecule has 0 spiro atoms. The molecular formula is C11H21Cl3HfP. The molecule has 95 valence electrons. The van der Waals surface area contributed by atoms with Crippen LogP contribution in [0.1, 0.15) is 20.3 Å². The van der Waals surface area contributed by atoms with E-state index < -0.39 is 0 Å². The van der Waals surface area contributed by atoms with Crippen LogP contribution in [0.2, 0.25) is 0 Å². The molecule has 0 bridgehead atoms. The predicted molar refractivity (Wildman–Crippen MR) is 79.9 cm³/mol. The van der Waals surface area contributed by atoms with E-state index in [-0.39, 0.29) is 45.1 Å². The van der Waals surface area contributed by atoms with Crippen LogP contribution < -0.4 is 0 Å². The first-order valence-corrected chi connectivity index (χ1v) is 8.92. The van der Waals surface area contributed by atoms with E-state index in [9.17, 15) is 0 Å². The van der Waals surface area contributed by atoms with Crippen molar-refractivity contribution in [1.29, 1.82) is 0 Å². The second-order valence-electron chi connectivity index (χ2n) is 4.62. The van der Waals surface area contributed by atoms with E-state index in [1.54, 1.807) is 8.90 Å². The first kappa shape index (κ1) is 22.8. The van der Waals surface area contributed by atoms with Crippen LogP contribution in [-0.4, -0.2) is 19.5 Å². The summed E-state index contributed by atoms with van der Waals surface area (Å²) in [6, 6.07) is 0. The summed E-state index contributed by atoms with van der Waals surface area (Å²) in [7, 11) is 0.224. The minimum atomic E-state index is 0. The van der Waals surface area contributed by atoms with Crippen molar-refractivity contribution in [2.75, 3.05) is 19.5 Å². The van der Waals surface area contributed by atoms with Crippen molar-refractivity contribution in [2.45, 2.75) is 20.3 Å². The van der Waals surface area contributed by atoms with Gasteiger partial charge in [0.2, 0.25) is 0 Å². The third kappa shape index (κ3) is 6.55. The van der Waals surface area contributed by atoms with Crippen molar-refractivity contribution in [3.8, 4) is 0 Å². The fraction of sp³-hybridized carbons (Fsp3) is 0.636. The minimum Gasteiger partial charge on any atom is -0.147 e. The maximum absolute atomic E-state index is 2.40. The van der Waals surface area contributed by atoms with Crippen molar-refractivity contribution in [1.82, 2.24) is 0 Å². The molecule has 0 saturated carbocycles. The Balaban J connectivity index is -0.000000563. The third-order valence-corrected chi connectivity index (χ3v) is 5.50. The summed E-state index contributed by atoms with van der Waals surface area (Å²) in [5.74, 6) is 0. The van der Waals surface area contributed by atoms with Gasteiger partial charge in [-0.2, -0.15) is 0 Å².